The Hall–Kier alpha value is -2.21. The quantitative estimate of drug-likeness (QED) is 0.745. The van der Waals surface area contributed by atoms with Crippen LogP contribution in [0.15, 0.2) is 29.6 Å². The minimum Gasteiger partial charge on any atom is -0.355 e. The van der Waals surface area contributed by atoms with E-state index in [1.165, 1.54) is 5.56 Å². The zero-order chi connectivity index (χ0) is 20.8. The van der Waals surface area contributed by atoms with Crippen molar-refractivity contribution in [3.63, 3.8) is 0 Å². The summed E-state index contributed by atoms with van der Waals surface area (Å²) in [5, 5.41) is 6.13. The lowest BCUT2D eigenvalue weighted by atomic mass is 9.97. The molecule has 1 aliphatic heterocycles. The highest BCUT2D eigenvalue weighted by Gasteiger charge is 2.27. The number of amides is 2. The number of aromatic nitrogens is 1. The maximum Gasteiger partial charge on any atom is 0.253 e. The zero-order valence-corrected chi connectivity index (χ0v) is 18.4. The Morgan fingerprint density at radius 2 is 2.03 bits per heavy atom. The minimum atomic E-state index is 0.00456. The van der Waals surface area contributed by atoms with Crippen molar-refractivity contribution >= 4 is 23.2 Å². The summed E-state index contributed by atoms with van der Waals surface area (Å²) < 4.78 is 0. The van der Waals surface area contributed by atoms with Gasteiger partial charge in [-0.15, -0.1) is 11.3 Å². The molecule has 0 spiro atoms. The van der Waals surface area contributed by atoms with Gasteiger partial charge in [0.05, 0.1) is 10.7 Å². The van der Waals surface area contributed by atoms with E-state index < -0.39 is 0 Å². The molecule has 1 fully saturated rings. The lowest BCUT2D eigenvalue weighted by molar-refractivity contribution is -0.123. The number of carbonyl (C=O) groups is 2. The van der Waals surface area contributed by atoms with E-state index in [-0.39, 0.29) is 17.7 Å². The second-order valence-corrected chi connectivity index (χ2v) is 8.90. The van der Waals surface area contributed by atoms with E-state index in [0.717, 1.165) is 55.0 Å². The molecule has 1 aliphatic rings. The van der Waals surface area contributed by atoms with Gasteiger partial charge in [-0.05, 0) is 37.0 Å². The molecule has 1 atom stereocenters. The molecule has 2 aromatic rings. The summed E-state index contributed by atoms with van der Waals surface area (Å²) in [6.07, 6.45) is 3.79. The van der Waals surface area contributed by atoms with E-state index in [2.05, 4.69) is 17.6 Å². The molecule has 1 aromatic heterocycles. The first-order chi connectivity index (χ1) is 14.0. The van der Waals surface area contributed by atoms with Gasteiger partial charge in [0.25, 0.3) is 5.91 Å². The number of piperidine rings is 1. The molecule has 156 valence electrons. The summed E-state index contributed by atoms with van der Waals surface area (Å²) >= 11 is 1.67. The molecule has 1 aromatic carbocycles. The number of rotatable bonds is 7. The highest BCUT2D eigenvalue weighted by Crippen LogP contribution is 2.30. The first-order valence-electron chi connectivity index (χ1n) is 10.6. The number of likely N-dealkylation sites (tertiary alicyclic amines) is 1. The first kappa shape index (κ1) is 21.5. The molecular weight excluding hydrogens is 382 g/mol. The molecule has 1 saturated heterocycles. The van der Waals surface area contributed by atoms with E-state index in [1.807, 2.05) is 43.0 Å². The molecule has 0 saturated carbocycles. The van der Waals surface area contributed by atoms with Crippen molar-refractivity contribution in [1.82, 2.24) is 15.2 Å². The van der Waals surface area contributed by atoms with Crippen molar-refractivity contribution < 1.29 is 9.59 Å². The van der Waals surface area contributed by atoms with Crippen LogP contribution in [0.1, 0.15) is 66.2 Å². The van der Waals surface area contributed by atoms with Gasteiger partial charge in [-0.3, -0.25) is 9.59 Å². The summed E-state index contributed by atoms with van der Waals surface area (Å²) in [7, 11) is 0. The highest BCUT2D eigenvalue weighted by molar-refractivity contribution is 7.09. The molecular formula is C23H31N3O2S. The van der Waals surface area contributed by atoms with Crippen molar-refractivity contribution in [2.75, 3.05) is 19.6 Å². The first-order valence-corrected chi connectivity index (χ1v) is 11.5. The van der Waals surface area contributed by atoms with Gasteiger partial charge in [0.1, 0.15) is 0 Å². The largest absolute Gasteiger partial charge is 0.355 e. The van der Waals surface area contributed by atoms with Gasteiger partial charge in [-0.25, -0.2) is 4.98 Å². The van der Waals surface area contributed by atoms with Crippen molar-refractivity contribution in [1.29, 1.82) is 0 Å². The summed E-state index contributed by atoms with van der Waals surface area (Å²) in [4.78, 5) is 31.3. The molecule has 29 heavy (non-hydrogen) atoms. The molecule has 1 N–H and O–H groups in total. The molecule has 5 nitrogen and oxygen atoms in total. The lowest BCUT2D eigenvalue weighted by Crippen LogP contribution is -2.39. The average Bonchev–Trinajstić information content (AvgIpc) is 3.22. The summed E-state index contributed by atoms with van der Waals surface area (Å²) in [6, 6.07) is 7.97. The molecule has 0 aliphatic carbocycles. The maximum absolute atomic E-state index is 12.9. The number of nitrogens with one attached hydrogen (secondary N) is 1. The Kier molecular flexibility index (Phi) is 7.42. The van der Waals surface area contributed by atoms with Crippen LogP contribution < -0.4 is 5.32 Å². The van der Waals surface area contributed by atoms with Gasteiger partial charge >= 0.3 is 0 Å². The summed E-state index contributed by atoms with van der Waals surface area (Å²) in [5.41, 5.74) is 3.04. The second-order valence-electron chi connectivity index (χ2n) is 8.01. The molecule has 0 unspecified atom stereocenters. The van der Waals surface area contributed by atoms with Crippen LogP contribution in [-0.4, -0.2) is 41.3 Å². The van der Waals surface area contributed by atoms with Crippen LogP contribution >= 0.6 is 11.3 Å². The molecule has 2 amide bonds. The van der Waals surface area contributed by atoms with E-state index >= 15 is 0 Å². The molecule has 0 bridgehead atoms. The Labute approximate surface area is 177 Å². The highest BCUT2D eigenvalue weighted by atomic mass is 32.1. The van der Waals surface area contributed by atoms with E-state index in [4.69, 9.17) is 4.98 Å². The Balaban J connectivity index is 1.57. The predicted octanol–water partition coefficient (Wildman–Crippen LogP) is 4.04. The van der Waals surface area contributed by atoms with Crippen LogP contribution in [0.4, 0.5) is 0 Å². The summed E-state index contributed by atoms with van der Waals surface area (Å²) in [6.45, 7) is 8.06. The predicted molar refractivity (Wildman–Crippen MR) is 117 cm³/mol. The van der Waals surface area contributed by atoms with Gasteiger partial charge in [0.2, 0.25) is 5.91 Å². The van der Waals surface area contributed by atoms with Gasteiger partial charge < -0.3 is 10.2 Å². The summed E-state index contributed by atoms with van der Waals surface area (Å²) in [5.74, 6) is 0.496. The fourth-order valence-electron chi connectivity index (χ4n) is 3.57. The number of aryl methyl sites for hydroxylation is 1. The molecule has 3 rings (SSSR count). The van der Waals surface area contributed by atoms with E-state index in [9.17, 15) is 9.59 Å². The van der Waals surface area contributed by atoms with Gasteiger partial charge in [0, 0.05) is 48.8 Å². The van der Waals surface area contributed by atoms with Crippen molar-refractivity contribution in [3.05, 3.63) is 51.5 Å². The molecule has 6 heteroatoms. The van der Waals surface area contributed by atoms with Crippen LogP contribution in [0, 0.1) is 5.92 Å². The van der Waals surface area contributed by atoms with Gasteiger partial charge in [-0.1, -0.05) is 32.9 Å². The van der Waals surface area contributed by atoms with Gasteiger partial charge in [0.15, 0.2) is 0 Å². The monoisotopic (exact) mass is 413 g/mol. The third-order valence-corrected chi connectivity index (χ3v) is 6.50. The van der Waals surface area contributed by atoms with Crippen LogP contribution in [0.3, 0.4) is 0 Å². The zero-order valence-electron chi connectivity index (χ0n) is 17.6. The number of hydrogen-bond acceptors (Lipinski definition) is 4. The maximum atomic E-state index is 12.9. The third kappa shape index (κ3) is 5.66. The number of carbonyl (C=O) groups excluding carboxylic acids is 2. The number of hydrogen-bond donors (Lipinski definition) is 1. The Morgan fingerprint density at radius 3 is 2.72 bits per heavy atom. The lowest BCUT2D eigenvalue weighted by Gasteiger charge is -2.32. The standard InChI is InChI=1S/C23H31N3O2S/c1-4-17-7-9-18(10-8-17)23(28)26-13-5-6-19(14-26)22-25-20(15-29-22)11-12-24-21(27)16(2)3/h7-10,15-16,19H,4-6,11-14H2,1-3H3,(H,24,27)/t19-/m0/s1. The average molecular weight is 414 g/mol. The number of nitrogens with zero attached hydrogens (tertiary/aromatic N) is 2. The fourth-order valence-corrected chi connectivity index (χ4v) is 4.55. The van der Waals surface area contributed by atoms with Crippen LogP contribution in [0.2, 0.25) is 0 Å². The SMILES string of the molecule is CCc1ccc(C(=O)N2CCC[C@H](c3nc(CCNC(=O)C(C)C)cs3)C2)cc1. The van der Waals surface area contributed by atoms with Crippen LogP contribution in [0.5, 0.6) is 0 Å². The number of benzene rings is 1. The van der Waals surface area contributed by atoms with Gasteiger partial charge in [-0.2, -0.15) is 0 Å². The van der Waals surface area contributed by atoms with Crippen molar-refractivity contribution in [3.8, 4) is 0 Å². The Bertz CT molecular complexity index is 829. The Morgan fingerprint density at radius 1 is 1.28 bits per heavy atom. The van der Waals surface area contributed by atoms with Crippen LogP contribution in [-0.2, 0) is 17.6 Å². The third-order valence-electron chi connectivity index (χ3n) is 5.44. The van der Waals surface area contributed by atoms with Crippen LogP contribution in [0.25, 0.3) is 0 Å². The smallest absolute Gasteiger partial charge is 0.253 e. The van der Waals surface area contributed by atoms with Crippen molar-refractivity contribution in [2.45, 2.75) is 52.4 Å². The van der Waals surface area contributed by atoms with E-state index in [1.54, 1.807) is 11.3 Å². The topological polar surface area (TPSA) is 62.3 Å². The normalized spacial score (nSPS) is 16.8. The fraction of sp³-hybridized carbons (Fsp3) is 0.522. The number of thiazole rings is 1. The van der Waals surface area contributed by atoms with Crippen molar-refractivity contribution in [2.24, 2.45) is 5.92 Å². The molecule has 0 radical (unpaired) electrons. The van der Waals surface area contributed by atoms with E-state index in [0.29, 0.717) is 12.5 Å². The molecule has 2 heterocycles. The second kappa shape index (κ2) is 10.0. The minimum absolute atomic E-state index is 0.00456.